The maximum absolute atomic E-state index is 10.1. The lowest BCUT2D eigenvalue weighted by Crippen LogP contribution is -2.33. The second-order valence-corrected chi connectivity index (χ2v) is 4.56. The van der Waals surface area contributed by atoms with Crippen molar-refractivity contribution in [2.45, 2.75) is 39.4 Å². The van der Waals surface area contributed by atoms with E-state index in [1.54, 1.807) is 20.8 Å². The van der Waals surface area contributed by atoms with E-state index in [1.807, 2.05) is 0 Å². The monoisotopic (exact) mass is 266 g/mol. The molecule has 0 aromatic rings. The fourth-order valence-electron chi connectivity index (χ4n) is 0.623. The number of carboxylic acids is 3. The summed E-state index contributed by atoms with van der Waals surface area (Å²) < 4.78 is 0. The van der Waals surface area contributed by atoms with E-state index in [2.05, 4.69) is 0 Å². The number of aliphatic carboxylic acids is 3. The first kappa shape index (κ1) is 18.7. The van der Waals surface area contributed by atoms with Crippen molar-refractivity contribution >= 4 is 17.9 Å². The molecule has 0 rings (SSSR count). The zero-order chi connectivity index (χ0) is 15.1. The van der Waals surface area contributed by atoms with Crippen LogP contribution in [0.25, 0.3) is 0 Å². The zero-order valence-corrected chi connectivity index (χ0v) is 10.3. The van der Waals surface area contributed by atoms with Gasteiger partial charge in [0.25, 0.3) is 0 Å². The lowest BCUT2D eigenvalue weighted by Gasteiger charge is -2.21. The molecule has 5 N–H and O–H groups in total. The van der Waals surface area contributed by atoms with Crippen LogP contribution in [-0.2, 0) is 14.4 Å². The maximum atomic E-state index is 10.1. The van der Waals surface area contributed by atoms with E-state index >= 15 is 0 Å². The van der Waals surface area contributed by atoms with Crippen LogP contribution in [0.2, 0.25) is 0 Å². The Kier molecular flexibility index (Phi) is 7.91. The minimum atomic E-state index is -1.79. The molecule has 2 atom stereocenters. The first-order chi connectivity index (χ1) is 7.89. The van der Waals surface area contributed by atoms with Gasteiger partial charge in [-0.2, -0.15) is 0 Å². The lowest BCUT2D eigenvalue weighted by atomic mass is 9.89. The first-order valence-corrected chi connectivity index (χ1v) is 4.93. The van der Waals surface area contributed by atoms with E-state index in [-0.39, 0.29) is 0 Å². The van der Waals surface area contributed by atoms with Crippen molar-refractivity contribution in [2.24, 2.45) is 5.41 Å². The lowest BCUT2D eigenvalue weighted by molar-refractivity contribution is -0.153. The van der Waals surface area contributed by atoms with E-state index in [0.717, 1.165) is 0 Å². The molecule has 8 nitrogen and oxygen atoms in total. The average molecular weight is 266 g/mol. The fourth-order valence-corrected chi connectivity index (χ4v) is 0.623. The van der Waals surface area contributed by atoms with Crippen molar-refractivity contribution < 1.29 is 39.9 Å². The number of hydrogen-bond donors (Lipinski definition) is 5. The van der Waals surface area contributed by atoms with Gasteiger partial charge in [0.05, 0.1) is 6.42 Å². The third kappa shape index (κ3) is 9.55. The van der Waals surface area contributed by atoms with Gasteiger partial charge in [0.1, 0.15) is 0 Å². The van der Waals surface area contributed by atoms with Crippen LogP contribution in [0.1, 0.15) is 27.2 Å². The van der Waals surface area contributed by atoms with Gasteiger partial charge in [-0.25, -0.2) is 9.59 Å². The van der Waals surface area contributed by atoms with Crippen molar-refractivity contribution in [3.05, 3.63) is 0 Å². The molecule has 0 aromatic carbocycles. The van der Waals surface area contributed by atoms with Gasteiger partial charge in [-0.05, 0) is 5.41 Å². The summed E-state index contributed by atoms with van der Waals surface area (Å²) in [5, 5.41) is 41.3. The molecular formula is C10H18O8. The molecule has 0 saturated carbocycles. The van der Waals surface area contributed by atoms with Gasteiger partial charge in [0, 0.05) is 0 Å². The summed E-state index contributed by atoms with van der Waals surface area (Å²) in [6, 6.07) is 0. The number of aliphatic hydroxyl groups excluding tert-OH is 2. The standard InChI is InChI=1S/C6H12O3.C4H6O5/c1-6(2,3)4(7)5(8)9;5-2(4(8)9)1-3(6)7/h4,7H,1-3H3,(H,8,9);2,5H,1H2,(H,6,7)(H,8,9). The van der Waals surface area contributed by atoms with E-state index in [4.69, 9.17) is 25.5 Å². The van der Waals surface area contributed by atoms with Gasteiger partial charge in [-0.1, -0.05) is 20.8 Å². The molecule has 0 radical (unpaired) electrons. The van der Waals surface area contributed by atoms with Crippen LogP contribution in [0.15, 0.2) is 0 Å². The van der Waals surface area contributed by atoms with Gasteiger partial charge in [0.2, 0.25) is 0 Å². The fraction of sp³-hybridized carbons (Fsp3) is 0.700. The Morgan fingerprint density at radius 2 is 1.33 bits per heavy atom. The molecule has 106 valence electrons. The molecule has 0 heterocycles. The Morgan fingerprint density at radius 3 is 1.39 bits per heavy atom. The van der Waals surface area contributed by atoms with Crippen LogP contribution in [0.5, 0.6) is 0 Å². The van der Waals surface area contributed by atoms with Crippen molar-refractivity contribution in [3.63, 3.8) is 0 Å². The van der Waals surface area contributed by atoms with Crippen molar-refractivity contribution in [3.8, 4) is 0 Å². The molecule has 0 aromatic heterocycles. The highest BCUT2D eigenvalue weighted by Crippen LogP contribution is 2.18. The molecule has 8 heteroatoms. The van der Waals surface area contributed by atoms with Crippen LogP contribution in [0.4, 0.5) is 0 Å². The van der Waals surface area contributed by atoms with Crippen molar-refractivity contribution in [2.75, 3.05) is 0 Å². The van der Waals surface area contributed by atoms with E-state index in [0.29, 0.717) is 0 Å². The molecule has 0 amide bonds. The van der Waals surface area contributed by atoms with Crippen molar-refractivity contribution in [1.82, 2.24) is 0 Å². The number of carboxylic acid groups (broad SMARTS) is 3. The van der Waals surface area contributed by atoms with Crippen LogP contribution in [-0.4, -0.2) is 55.6 Å². The van der Waals surface area contributed by atoms with Gasteiger partial charge in [0.15, 0.2) is 12.2 Å². The largest absolute Gasteiger partial charge is 0.481 e. The van der Waals surface area contributed by atoms with Gasteiger partial charge < -0.3 is 25.5 Å². The second kappa shape index (κ2) is 7.62. The predicted octanol–water partition coefficient (Wildman–Crippen LogP) is -0.615. The first-order valence-electron chi connectivity index (χ1n) is 4.93. The molecule has 2 unspecified atom stereocenters. The topological polar surface area (TPSA) is 152 Å². The molecule has 0 aliphatic rings. The third-order valence-electron chi connectivity index (χ3n) is 1.71. The molecule has 0 aliphatic carbocycles. The Morgan fingerprint density at radius 1 is 0.944 bits per heavy atom. The average Bonchev–Trinajstić information content (AvgIpc) is 2.14. The zero-order valence-electron chi connectivity index (χ0n) is 10.3. The number of aliphatic hydroxyl groups is 2. The van der Waals surface area contributed by atoms with Crippen molar-refractivity contribution in [1.29, 1.82) is 0 Å². The van der Waals surface area contributed by atoms with Crippen LogP contribution in [0.3, 0.4) is 0 Å². The Balaban J connectivity index is 0. The van der Waals surface area contributed by atoms with E-state index in [9.17, 15) is 14.4 Å². The molecule has 18 heavy (non-hydrogen) atoms. The number of rotatable bonds is 4. The molecule has 0 spiro atoms. The number of hydrogen-bond acceptors (Lipinski definition) is 5. The quantitative estimate of drug-likeness (QED) is 0.451. The highest BCUT2D eigenvalue weighted by molar-refractivity contribution is 5.79. The van der Waals surface area contributed by atoms with Crippen LogP contribution >= 0.6 is 0 Å². The van der Waals surface area contributed by atoms with Gasteiger partial charge >= 0.3 is 17.9 Å². The number of carbonyl (C=O) groups is 3. The Hall–Kier alpha value is -1.67. The third-order valence-corrected chi connectivity index (χ3v) is 1.71. The highest BCUT2D eigenvalue weighted by Gasteiger charge is 2.28. The molecule has 0 aliphatic heterocycles. The summed E-state index contributed by atoms with van der Waals surface area (Å²) in [4.78, 5) is 29.5. The van der Waals surface area contributed by atoms with Gasteiger partial charge in [-0.3, -0.25) is 4.79 Å². The predicted molar refractivity (Wildman–Crippen MR) is 59.0 cm³/mol. The molecule has 0 bridgehead atoms. The Bertz CT molecular complexity index is 303. The molecule has 0 saturated heterocycles. The van der Waals surface area contributed by atoms with E-state index < -0.39 is 42.0 Å². The molecule has 0 fully saturated rings. The summed E-state index contributed by atoms with van der Waals surface area (Å²) in [6.07, 6.45) is -3.81. The summed E-state index contributed by atoms with van der Waals surface area (Å²) in [6.45, 7) is 5.02. The van der Waals surface area contributed by atoms with Gasteiger partial charge in [-0.15, -0.1) is 0 Å². The smallest absolute Gasteiger partial charge is 0.333 e. The maximum Gasteiger partial charge on any atom is 0.333 e. The van der Waals surface area contributed by atoms with Crippen LogP contribution in [0, 0.1) is 5.41 Å². The summed E-state index contributed by atoms with van der Waals surface area (Å²) in [5.41, 5.74) is -0.564. The minimum absolute atomic E-state index is 0.564. The van der Waals surface area contributed by atoms with Crippen LogP contribution < -0.4 is 0 Å². The summed E-state index contributed by atoms with van der Waals surface area (Å²) in [7, 11) is 0. The Labute approximate surface area is 103 Å². The SMILES string of the molecule is CC(C)(C)C(O)C(=O)O.O=C(O)CC(O)C(=O)O. The molecular weight excluding hydrogens is 248 g/mol. The highest BCUT2D eigenvalue weighted by atomic mass is 16.4. The summed E-state index contributed by atoms with van der Waals surface area (Å²) >= 11 is 0. The second-order valence-electron chi connectivity index (χ2n) is 4.56. The normalized spacial score (nSPS) is 13.8. The minimum Gasteiger partial charge on any atom is -0.481 e. The van der Waals surface area contributed by atoms with E-state index in [1.165, 1.54) is 0 Å². The summed E-state index contributed by atoms with van der Waals surface area (Å²) in [5.74, 6) is -4.01.